The molecule has 0 radical (unpaired) electrons. The van der Waals surface area contributed by atoms with Gasteiger partial charge < -0.3 is 14.8 Å². The van der Waals surface area contributed by atoms with Gasteiger partial charge in [0, 0.05) is 19.3 Å². The molecule has 0 aliphatic rings. The summed E-state index contributed by atoms with van der Waals surface area (Å²) in [5, 5.41) is 12.4. The monoisotopic (exact) mass is 282 g/mol. The summed E-state index contributed by atoms with van der Waals surface area (Å²) < 4.78 is 10.3. The fourth-order valence-corrected chi connectivity index (χ4v) is 2.09. The zero-order valence-electron chi connectivity index (χ0n) is 12.2. The van der Waals surface area contributed by atoms with Gasteiger partial charge in [-0.2, -0.15) is 5.26 Å². The third kappa shape index (κ3) is 3.98. The molecule has 2 rings (SSSR count). The van der Waals surface area contributed by atoms with Gasteiger partial charge in [0.05, 0.1) is 19.3 Å². The van der Waals surface area contributed by atoms with Gasteiger partial charge in [0.25, 0.3) is 0 Å². The molecule has 2 aromatic rings. The van der Waals surface area contributed by atoms with E-state index in [1.165, 1.54) is 0 Å². The van der Waals surface area contributed by atoms with Crippen LogP contribution in [0.3, 0.4) is 0 Å². The molecular weight excluding hydrogens is 264 g/mol. The first-order valence-corrected chi connectivity index (χ1v) is 6.65. The smallest absolute Gasteiger partial charge is 0.136 e. The highest BCUT2D eigenvalue weighted by molar-refractivity contribution is 5.49. The molecule has 1 N–H and O–H groups in total. The predicted octanol–water partition coefficient (Wildman–Crippen LogP) is 3.33. The number of rotatable bonds is 6. The Bertz CT molecular complexity index is 647. The summed E-state index contributed by atoms with van der Waals surface area (Å²) in [6.07, 6.45) is 0. The highest BCUT2D eigenvalue weighted by atomic mass is 16.5. The van der Waals surface area contributed by atoms with E-state index in [0.29, 0.717) is 24.5 Å². The van der Waals surface area contributed by atoms with E-state index in [0.717, 1.165) is 16.8 Å². The van der Waals surface area contributed by atoms with Crippen LogP contribution in [0.5, 0.6) is 5.75 Å². The zero-order chi connectivity index (χ0) is 15.1. The Kier molecular flexibility index (Phi) is 5.19. The minimum absolute atomic E-state index is 0.546. The molecule has 108 valence electrons. The number of ether oxygens (including phenoxy) is 2. The van der Waals surface area contributed by atoms with Crippen LogP contribution in [0, 0.1) is 11.3 Å². The number of methoxy groups -OCH3 is 2. The average molecular weight is 282 g/mol. The number of hydrogen-bond acceptors (Lipinski definition) is 4. The van der Waals surface area contributed by atoms with Crippen LogP contribution in [0.1, 0.15) is 16.7 Å². The van der Waals surface area contributed by atoms with E-state index < -0.39 is 0 Å². The Hall–Kier alpha value is -2.51. The van der Waals surface area contributed by atoms with Crippen molar-refractivity contribution in [3.63, 3.8) is 0 Å². The van der Waals surface area contributed by atoms with Gasteiger partial charge in [-0.15, -0.1) is 0 Å². The fraction of sp³-hybridized carbons (Fsp3) is 0.235. The molecule has 0 spiro atoms. The normalized spacial score (nSPS) is 9.95. The first-order valence-electron chi connectivity index (χ1n) is 6.65. The maximum atomic E-state index is 9.09. The van der Waals surface area contributed by atoms with E-state index in [4.69, 9.17) is 14.7 Å². The van der Waals surface area contributed by atoms with Crippen LogP contribution < -0.4 is 10.1 Å². The van der Waals surface area contributed by atoms with Gasteiger partial charge in [-0.05, 0) is 35.4 Å². The summed E-state index contributed by atoms with van der Waals surface area (Å²) >= 11 is 0. The lowest BCUT2D eigenvalue weighted by Gasteiger charge is -2.10. The van der Waals surface area contributed by atoms with Gasteiger partial charge in [-0.3, -0.25) is 0 Å². The first kappa shape index (κ1) is 14.9. The van der Waals surface area contributed by atoms with E-state index >= 15 is 0 Å². The molecule has 0 saturated heterocycles. The van der Waals surface area contributed by atoms with E-state index in [1.807, 2.05) is 36.4 Å². The summed E-state index contributed by atoms with van der Waals surface area (Å²) in [5.41, 5.74) is 3.73. The number of benzene rings is 2. The molecule has 0 atom stereocenters. The van der Waals surface area contributed by atoms with E-state index in [9.17, 15) is 0 Å². The number of anilines is 1. The number of nitriles is 1. The second kappa shape index (κ2) is 7.32. The molecule has 0 unspecified atom stereocenters. The van der Waals surface area contributed by atoms with Crippen molar-refractivity contribution in [2.75, 3.05) is 19.5 Å². The molecule has 0 heterocycles. The van der Waals surface area contributed by atoms with E-state index in [2.05, 4.69) is 17.5 Å². The van der Waals surface area contributed by atoms with Crippen molar-refractivity contribution in [2.24, 2.45) is 0 Å². The average Bonchev–Trinajstić information content (AvgIpc) is 2.53. The largest absolute Gasteiger partial charge is 0.495 e. The third-order valence-corrected chi connectivity index (χ3v) is 3.12. The van der Waals surface area contributed by atoms with Crippen molar-refractivity contribution in [1.82, 2.24) is 0 Å². The van der Waals surface area contributed by atoms with Crippen LogP contribution in [0.25, 0.3) is 0 Å². The van der Waals surface area contributed by atoms with Crippen molar-refractivity contribution in [3.05, 3.63) is 59.2 Å². The molecule has 0 fully saturated rings. The zero-order valence-corrected chi connectivity index (χ0v) is 12.2. The Morgan fingerprint density at radius 1 is 1.10 bits per heavy atom. The van der Waals surface area contributed by atoms with Gasteiger partial charge in [-0.1, -0.05) is 18.2 Å². The maximum absolute atomic E-state index is 9.09. The van der Waals surface area contributed by atoms with Gasteiger partial charge in [0.15, 0.2) is 0 Å². The van der Waals surface area contributed by atoms with Crippen molar-refractivity contribution in [3.8, 4) is 11.8 Å². The van der Waals surface area contributed by atoms with Crippen LogP contribution in [-0.4, -0.2) is 14.2 Å². The van der Waals surface area contributed by atoms with E-state index in [-0.39, 0.29) is 0 Å². The molecule has 0 aromatic heterocycles. The van der Waals surface area contributed by atoms with Gasteiger partial charge in [0.2, 0.25) is 0 Å². The number of nitrogens with zero attached hydrogens (tertiary/aromatic N) is 1. The maximum Gasteiger partial charge on any atom is 0.136 e. The summed E-state index contributed by atoms with van der Waals surface area (Å²) in [7, 11) is 3.25. The summed E-state index contributed by atoms with van der Waals surface area (Å²) in [4.78, 5) is 0. The van der Waals surface area contributed by atoms with Crippen molar-refractivity contribution in [2.45, 2.75) is 13.2 Å². The first-order chi connectivity index (χ1) is 10.3. The fourth-order valence-electron chi connectivity index (χ4n) is 2.09. The molecule has 0 aliphatic heterocycles. The Morgan fingerprint density at radius 3 is 2.67 bits per heavy atom. The molecule has 0 aliphatic carbocycles. The lowest BCUT2D eigenvalue weighted by Crippen LogP contribution is -2.01. The molecule has 2 aromatic carbocycles. The predicted molar refractivity (Wildman–Crippen MR) is 82.2 cm³/mol. The Balaban J connectivity index is 2.06. The minimum atomic E-state index is 0.546. The SMILES string of the molecule is COCc1cccc(NCc2ccc(OC)c(C#N)c2)c1. The van der Waals surface area contributed by atoms with Gasteiger partial charge in [0.1, 0.15) is 11.8 Å². The highest BCUT2D eigenvalue weighted by Gasteiger charge is 2.03. The van der Waals surface area contributed by atoms with Crippen LogP contribution in [0.4, 0.5) is 5.69 Å². The van der Waals surface area contributed by atoms with Crippen LogP contribution >= 0.6 is 0 Å². The lowest BCUT2D eigenvalue weighted by molar-refractivity contribution is 0.185. The van der Waals surface area contributed by atoms with Gasteiger partial charge >= 0.3 is 0 Å². The second-order valence-electron chi connectivity index (χ2n) is 4.63. The molecule has 0 bridgehead atoms. The highest BCUT2D eigenvalue weighted by Crippen LogP contribution is 2.20. The molecule has 21 heavy (non-hydrogen) atoms. The molecular formula is C17H18N2O2. The lowest BCUT2D eigenvalue weighted by atomic mass is 10.1. The topological polar surface area (TPSA) is 54.3 Å². The standard InChI is InChI=1S/C17H18N2O2/c1-20-12-14-4-3-5-16(9-14)19-11-13-6-7-17(21-2)15(8-13)10-18/h3-9,19H,11-12H2,1-2H3. The summed E-state index contributed by atoms with van der Waals surface area (Å²) in [5.74, 6) is 0.600. The molecule has 4 heteroatoms. The van der Waals surface area contributed by atoms with Crippen molar-refractivity contribution >= 4 is 5.69 Å². The van der Waals surface area contributed by atoms with Crippen molar-refractivity contribution < 1.29 is 9.47 Å². The minimum Gasteiger partial charge on any atom is -0.495 e. The van der Waals surface area contributed by atoms with Crippen LogP contribution in [0.15, 0.2) is 42.5 Å². The molecule has 0 amide bonds. The molecule has 0 saturated carbocycles. The third-order valence-electron chi connectivity index (χ3n) is 3.12. The summed E-state index contributed by atoms with van der Waals surface area (Å²) in [6.45, 7) is 1.24. The van der Waals surface area contributed by atoms with E-state index in [1.54, 1.807) is 14.2 Å². The Labute approximate surface area is 124 Å². The van der Waals surface area contributed by atoms with Crippen LogP contribution in [-0.2, 0) is 17.9 Å². The van der Waals surface area contributed by atoms with Crippen LogP contribution in [0.2, 0.25) is 0 Å². The Morgan fingerprint density at radius 2 is 1.95 bits per heavy atom. The molecule has 4 nitrogen and oxygen atoms in total. The van der Waals surface area contributed by atoms with Crippen molar-refractivity contribution in [1.29, 1.82) is 5.26 Å². The quantitative estimate of drug-likeness (QED) is 0.883. The summed E-state index contributed by atoms with van der Waals surface area (Å²) in [6, 6.07) is 15.8. The van der Waals surface area contributed by atoms with Gasteiger partial charge in [-0.25, -0.2) is 0 Å². The number of nitrogens with one attached hydrogen (secondary N) is 1. The number of hydrogen-bond donors (Lipinski definition) is 1. The second-order valence-corrected chi connectivity index (χ2v) is 4.63.